The lowest BCUT2D eigenvalue weighted by atomic mass is 10.2. The molecule has 0 aromatic heterocycles. The number of hydrogen-bond donors (Lipinski definition) is 3. The summed E-state index contributed by atoms with van der Waals surface area (Å²) in [4.78, 5) is 24.6. The van der Waals surface area contributed by atoms with Crippen LogP contribution in [-0.4, -0.2) is 32.0 Å². The topological polar surface area (TPSA) is 62.6 Å². The van der Waals surface area contributed by atoms with E-state index in [-0.39, 0.29) is 24.7 Å². The molecule has 3 N–H and O–H groups in total. The molecule has 144 valence electrons. The molecule has 0 spiro atoms. The average Bonchev–Trinajstić information content (AvgIpc) is 2.56. The van der Waals surface area contributed by atoms with E-state index in [1.54, 1.807) is 31.3 Å². The van der Waals surface area contributed by atoms with Gasteiger partial charge < -0.3 is 15.5 Å². The largest absolute Gasteiger partial charge is 0.416 e. The summed E-state index contributed by atoms with van der Waals surface area (Å²) < 4.78 is 38.1. The van der Waals surface area contributed by atoms with E-state index in [4.69, 9.17) is 11.6 Å². The predicted molar refractivity (Wildman–Crippen MR) is 96.8 cm³/mol. The van der Waals surface area contributed by atoms with Gasteiger partial charge in [0.05, 0.1) is 12.6 Å². The number of alkyl halides is 3. The zero-order valence-corrected chi connectivity index (χ0v) is 15.1. The van der Waals surface area contributed by atoms with E-state index in [9.17, 15) is 22.8 Å². The van der Waals surface area contributed by atoms with Crippen LogP contribution in [0.5, 0.6) is 0 Å². The standard InChI is InChI=1S/C18H17ClF3N3O2/c1-25(10-16(26)23-14-7-5-13(19)6-8-14)11-17(27)24-15-4-2-3-12(9-15)18(20,21)22/h2-9H,10-11H2,1H3,(H,23,26)(H,24,27)/p+1. The maximum atomic E-state index is 12.7. The van der Waals surface area contributed by atoms with Crippen molar-refractivity contribution in [3.63, 3.8) is 0 Å². The minimum atomic E-state index is -4.48. The van der Waals surface area contributed by atoms with Gasteiger partial charge in [0.25, 0.3) is 11.8 Å². The van der Waals surface area contributed by atoms with Crippen LogP contribution in [0.25, 0.3) is 0 Å². The molecule has 0 aliphatic carbocycles. The molecule has 0 saturated heterocycles. The fourth-order valence-electron chi connectivity index (χ4n) is 2.33. The van der Waals surface area contributed by atoms with Crippen LogP contribution in [0.3, 0.4) is 0 Å². The van der Waals surface area contributed by atoms with Crippen molar-refractivity contribution in [2.45, 2.75) is 6.18 Å². The maximum Gasteiger partial charge on any atom is 0.416 e. The first-order valence-electron chi connectivity index (χ1n) is 7.97. The van der Waals surface area contributed by atoms with Crippen LogP contribution >= 0.6 is 11.6 Å². The summed E-state index contributed by atoms with van der Waals surface area (Å²) in [6, 6.07) is 10.9. The van der Waals surface area contributed by atoms with Gasteiger partial charge in [-0.2, -0.15) is 13.2 Å². The summed E-state index contributed by atoms with van der Waals surface area (Å²) in [6.07, 6.45) is -4.48. The molecular formula is C18H18ClF3N3O2+. The monoisotopic (exact) mass is 400 g/mol. The molecule has 9 heteroatoms. The molecule has 0 aliphatic heterocycles. The number of likely N-dealkylation sites (N-methyl/N-ethyl adjacent to an activating group) is 1. The molecule has 0 heterocycles. The molecule has 1 unspecified atom stereocenters. The molecular weight excluding hydrogens is 383 g/mol. The third-order valence-electron chi connectivity index (χ3n) is 3.53. The lowest BCUT2D eigenvalue weighted by Gasteiger charge is -2.14. The van der Waals surface area contributed by atoms with Crippen molar-refractivity contribution in [2.24, 2.45) is 0 Å². The molecule has 2 amide bonds. The summed E-state index contributed by atoms with van der Waals surface area (Å²) in [5.74, 6) is -0.798. The van der Waals surface area contributed by atoms with E-state index in [1.165, 1.54) is 12.1 Å². The Morgan fingerprint density at radius 3 is 2.07 bits per heavy atom. The Balaban J connectivity index is 1.84. The van der Waals surface area contributed by atoms with E-state index in [1.807, 2.05) is 0 Å². The van der Waals surface area contributed by atoms with Gasteiger partial charge in [-0.1, -0.05) is 17.7 Å². The number of carbonyl (C=O) groups is 2. The molecule has 2 aromatic rings. The quantitative estimate of drug-likeness (QED) is 0.697. The second-order valence-electron chi connectivity index (χ2n) is 5.99. The SMILES string of the molecule is C[NH+](CC(=O)Nc1ccc(Cl)cc1)CC(=O)Nc1cccc(C(F)(F)F)c1. The van der Waals surface area contributed by atoms with Crippen molar-refractivity contribution in [1.82, 2.24) is 0 Å². The zero-order valence-electron chi connectivity index (χ0n) is 14.4. The first kappa shape index (κ1) is 20.7. The summed E-state index contributed by atoms with van der Waals surface area (Å²) in [7, 11) is 1.63. The predicted octanol–water partition coefficient (Wildman–Crippen LogP) is 2.45. The number of hydrogen-bond acceptors (Lipinski definition) is 2. The second kappa shape index (κ2) is 8.88. The lowest BCUT2D eigenvalue weighted by Crippen LogP contribution is -3.11. The number of amides is 2. The third-order valence-corrected chi connectivity index (χ3v) is 3.78. The van der Waals surface area contributed by atoms with Crippen LogP contribution in [0.15, 0.2) is 48.5 Å². The highest BCUT2D eigenvalue weighted by Gasteiger charge is 2.30. The van der Waals surface area contributed by atoms with Crippen LogP contribution in [-0.2, 0) is 15.8 Å². The van der Waals surface area contributed by atoms with Crippen molar-refractivity contribution < 1.29 is 27.7 Å². The van der Waals surface area contributed by atoms with Crippen LogP contribution < -0.4 is 15.5 Å². The summed E-state index contributed by atoms with van der Waals surface area (Å²) in [5, 5.41) is 5.62. The van der Waals surface area contributed by atoms with E-state index in [0.717, 1.165) is 12.1 Å². The first-order chi connectivity index (χ1) is 12.6. The number of rotatable bonds is 6. The molecule has 2 rings (SSSR count). The molecule has 2 aromatic carbocycles. The van der Waals surface area contributed by atoms with Crippen molar-refractivity contribution in [2.75, 3.05) is 30.8 Å². The summed E-state index contributed by atoms with van der Waals surface area (Å²) in [5.41, 5.74) is -0.220. The Morgan fingerprint density at radius 2 is 1.52 bits per heavy atom. The van der Waals surface area contributed by atoms with Gasteiger partial charge in [-0.25, -0.2) is 0 Å². The third kappa shape index (κ3) is 6.92. The van der Waals surface area contributed by atoms with Gasteiger partial charge in [0, 0.05) is 16.4 Å². The lowest BCUT2D eigenvalue weighted by molar-refractivity contribution is -0.862. The zero-order chi connectivity index (χ0) is 20.0. The van der Waals surface area contributed by atoms with Crippen molar-refractivity contribution in [3.05, 3.63) is 59.1 Å². The Hall–Kier alpha value is -2.58. The van der Waals surface area contributed by atoms with Gasteiger partial charge in [0.2, 0.25) is 0 Å². The van der Waals surface area contributed by atoms with Crippen molar-refractivity contribution >= 4 is 34.8 Å². The number of nitrogens with one attached hydrogen (secondary N) is 3. The number of quaternary nitrogens is 1. The average molecular weight is 401 g/mol. The second-order valence-corrected chi connectivity index (χ2v) is 6.43. The van der Waals surface area contributed by atoms with Crippen molar-refractivity contribution in [1.29, 1.82) is 0 Å². The molecule has 0 aliphatic rings. The molecule has 27 heavy (non-hydrogen) atoms. The summed E-state index contributed by atoms with van der Waals surface area (Å²) in [6.45, 7) is -0.0665. The van der Waals surface area contributed by atoms with Gasteiger partial charge in [-0.05, 0) is 42.5 Å². The Labute approximate surface area is 159 Å². The van der Waals surface area contributed by atoms with Gasteiger partial charge in [-0.3, -0.25) is 9.59 Å². The number of halogens is 4. The van der Waals surface area contributed by atoms with Crippen LogP contribution in [0.4, 0.5) is 24.5 Å². The Morgan fingerprint density at radius 1 is 0.963 bits per heavy atom. The minimum absolute atomic E-state index is 0.0125. The van der Waals surface area contributed by atoms with E-state index in [0.29, 0.717) is 15.6 Å². The van der Waals surface area contributed by atoms with E-state index in [2.05, 4.69) is 10.6 Å². The fourth-order valence-corrected chi connectivity index (χ4v) is 2.45. The van der Waals surface area contributed by atoms with Crippen LogP contribution in [0, 0.1) is 0 Å². The highest BCUT2D eigenvalue weighted by Crippen LogP contribution is 2.30. The van der Waals surface area contributed by atoms with Gasteiger partial charge in [0.15, 0.2) is 13.1 Å². The van der Waals surface area contributed by atoms with Crippen LogP contribution in [0.1, 0.15) is 5.56 Å². The summed E-state index contributed by atoms with van der Waals surface area (Å²) >= 11 is 5.77. The highest BCUT2D eigenvalue weighted by atomic mass is 35.5. The van der Waals surface area contributed by atoms with Gasteiger partial charge in [0.1, 0.15) is 0 Å². The molecule has 1 atom stereocenters. The number of anilines is 2. The Bertz CT molecular complexity index is 810. The van der Waals surface area contributed by atoms with Crippen molar-refractivity contribution in [3.8, 4) is 0 Å². The molecule has 0 bridgehead atoms. The van der Waals surface area contributed by atoms with Gasteiger partial charge >= 0.3 is 6.18 Å². The fraction of sp³-hybridized carbons (Fsp3) is 0.222. The molecule has 0 fully saturated rings. The van der Waals surface area contributed by atoms with Gasteiger partial charge in [-0.15, -0.1) is 0 Å². The smallest absolute Gasteiger partial charge is 0.322 e. The minimum Gasteiger partial charge on any atom is -0.322 e. The molecule has 0 saturated carbocycles. The molecule has 5 nitrogen and oxygen atoms in total. The van der Waals surface area contributed by atoms with E-state index < -0.39 is 17.6 Å². The molecule has 0 radical (unpaired) electrons. The first-order valence-corrected chi connectivity index (χ1v) is 8.35. The number of benzene rings is 2. The maximum absolute atomic E-state index is 12.7. The van der Waals surface area contributed by atoms with E-state index >= 15 is 0 Å². The Kier molecular flexibility index (Phi) is 6.81. The normalized spacial score (nSPS) is 12.3. The highest BCUT2D eigenvalue weighted by molar-refractivity contribution is 6.30. The number of carbonyl (C=O) groups excluding carboxylic acids is 2. The van der Waals surface area contributed by atoms with Crippen LogP contribution in [0.2, 0.25) is 5.02 Å².